The third kappa shape index (κ3) is 42.4. The lowest BCUT2D eigenvalue weighted by Gasteiger charge is -2.47. The third-order valence-electron chi connectivity index (χ3n) is 17.5. The highest BCUT2D eigenvalue weighted by Crippen LogP contribution is 2.42. The topological polar surface area (TPSA) is 267 Å². The fraction of sp³-hybridized carbons (Fsp3) is 0.929. The number of hydrogen-bond acceptors (Lipinski definition) is 14. The summed E-state index contributed by atoms with van der Waals surface area (Å²) in [7, 11) is -5.26. The van der Waals surface area contributed by atoms with Gasteiger partial charge < -0.3 is 68.9 Å². The van der Waals surface area contributed by atoms with Crippen LogP contribution >= 0.6 is 7.82 Å². The molecule has 2 amide bonds. The first-order valence-corrected chi connectivity index (χ1v) is 38.1. The number of amides is 2. The number of unbranched alkanes of at least 4 members (excludes halogenated alkanes) is 35. The van der Waals surface area contributed by atoms with Gasteiger partial charge >= 0.3 is 13.8 Å². The smallest absolute Gasteiger partial charge is 0.470 e. The van der Waals surface area contributed by atoms with Crippen LogP contribution < -0.4 is 10.6 Å². The number of aliphatic carboxylic acids is 1. The summed E-state index contributed by atoms with van der Waals surface area (Å²) in [4.78, 5) is 59.2. The first kappa shape index (κ1) is 84.0. The van der Waals surface area contributed by atoms with E-state index in [0.717, 1.165) is 116 Å². The van der Waals surface area contributed by atoms with Crippen molar-refractivity contribution in [3.8, 4) is 0 Å². The highest BCUT2D eigenvalue weighted by molar-refractivity contribution is 7.46. The monoisotopic (exact) mass is 1300 g/mol. The molecule has 0 aromatic rings. The summed E-state index contributed by atoms with van der Waals surface area (Å²) < 4.78 is 62.2. The van der Waals surface area contributed by atoms with Gasteiger partial charge in [0.05, 0.1) is 19.3 Å². The fourth-order valence-corrected chi connectivity index (χ4v) is 12.8. The summed E-state index contributed by atoms with van der Waals surface area (Å²) in [5.74, 6) is -2.16. The van der Waals surface area contributed by atoms with Crippen molar-refractivity contribution in [2.45, 2.75) is 378 Å². The molecule has 2 aliphatic heterocycles. The lowest BCUT2D eigenvalue weighted by molar-refractivity contribution is -0.307. The Morgan fingerprint density at radius 3 is 1.43 bits per heavy atom. The maximum atomic E-state index is 13.7. The lowest BCUT2D eigenvalue weighted by atomic mass is 9.95. The number of hydrogen-bond donors (Lipinski definition) is 7. The number of rotatable bonds is 62. The summed E-state index contributed by atoms with van der Waals surface area (Å²) in [6.45, 7) is 8.89. The third-order valence-corrected chi connectivity index (χ3v) is 18.0. The highest BCUT2D eigenvalue weighted by atomic mass is 31.2. The van der Waals surface area contributed by atoms with Gasteiger partial charge in [0, 0.05) is 33.2 Å². The molecule has 19 nitrogen and oxygen atoms in total. The Hall–Kier alpha value is -2.10. The summed E-state index contributed by atoms with van der Waals surface area (Å²) in [6.07, 6.45) is 39.9. The van der Waals surface area contributed by atoms with E-state index in [-0.39, 0.29) is 31.6 Å². The molecule has 0 saturated carbocycles. The predicted molar refractivity (Wildman–Crippen MR) is 356 cm³/mol. The zero-order valence-corrected chi connectivity index (χ0v) is 58.1. The van der Waals surface area contributed by atoms with Crippen LogP contribution in [0.1, 0.15) is 311 Å². The molecule has 11 atom stereocenters. The van der Waals surface area contributed by atoms with E-state index < -0.39 is 101 Å². The number of carbonyl (C=O) groups excluding carboxylic acids is 2. The van der Waals surface area contributed by atoms with Gasteiger partial charge in [-0.3, -0.25) is 14.1 Å². The second kappa shape index (κ2) is 56.1. The van der Waals surface area contributed by atoms with Crippen molar-refractivity contribution in [2.24, 2.45) is 0 Å². The van der Waals surface area contributed by atoms with Crippen molar-refractivity contribution >= 4 is 25.6 Å². The molecule has 20 heteroatoms. The summed E-state index contributed by atoms with van der Waals surface area (Å²) in [5.41, 5.74) is 0. The molecule has 0 spiro atoms. The number of carboxylic acid groups (broad SMARTS) is 1. The molecular formula is C70H133N2O17P. The molecule has 2 aliphatic rings. The Balaban J connectivity index is 2.33. The number of phosphoric ester groups is 1. The van der Waals surface area contributed by atoms with Gasteiger partial charge in [-0.1, -0.05) is 252 Å². The number of aliphatic hydroxyl groups is 2. The number of aliphatic hydroxyl groups excluding tert-OH is 2. The van der Waals surface area contributed by atoms with Crippen LogP contribution in [0.15, 0.2) is 12.2 Å². The zero-order valence-electron chi connectivity index (χ0n) is 57.2. The van der Waals surface area contributed by atoms with Crippen LogP contribution in [-0.2, 0) is 56.6 Å². The highest BCUT2D eigenvalue weighted by Gasteiger charge is 2.52. The van der Waals surface area contributed by atoms with E-state index in [2.05, 4.69) is 50.5 Å². The van der Waals surface area contributed by atoms with E-state index in [4.69, 9.17) is 37.7 Å². The van der Waals surface area contributed by atoms with E-state index in [0.29, 0.717) is 25.9 Å². The number of phosphoric acid groups is 1. The minimum absolute atomic E-state index is 0.0248. The summed E-state index contributed by atoms with van der Waals surface area (Å²) in [5, 5.41) is 38.5. The van der Waals surface area contributed by atoms with E-state index in [1.54, 1.807) is 0 Å². The lowest BCUT2D eigenvalue weighted by Crippen LogP contribution is -2.67. The van der Waals surface area contributed by atoms with Crippen molar-refractivity contribution in [3.05, 3.63) is 12.2 Å². The summed E-state index contributed by atoms with van der Waals surface area (Å²) >= 11 is 0. The summed E-state index contributed by atoms with van der Waals surface area (Å²) in [6, 6.07) is -2.41. The van der Waals surface area contributed by atoms with Gasteiger partial charge in [0.2, 0.25) is 11.8 Å². The van der Waals surface area contributed by atoms with Gasteiger partial charge in [-0.05, 0) is 57.8 Å². The largest absolute Gasteiger partial charge is 0.480 e. The SMILES string of the molecule is CCCCCC/C=C\CCCCCCO[C@H](CCCCCCCCCCC)CCO[C@@H]1[C@@H](NC(C)=O)[C@H](OC[C@H]2O[C@H](OCC(=O)O)[C@H](NC(=O)CCCCCCCCCCCCC)[C@@H](OCCCCCCCCCCCC)[C@@H]2O)O[C@H](CO)[C@H]1OP(=O)(O)O. The second-order valence-corrected chi connectivity index (χ2v) is 26.9. The van der Waals surface area contributed by atoms with Crippen LogP contribution in [0, 0.1) is 0 Å². The first-order valence-electron chi connectivity index (χ1n) is 36.5. The number of ether oxygens (including phenoxy) is 7. The van der Waals surface area contributed by atoms with E-state index >= 15 is 0 Å². The molecule has 0 aliphatic carbocycles. The minimum atomic E-state index is -5.26. The molecule has 90 heavy (non-hydrogen) atoms. The van der Waals surface area contributed by atoms with Gasteiger partial charge in [0.1, 0.15) is 55.3 Å². The molecule has 2 heterocycles. The molecule has 2 fully saturated rings. The molecule has 2 saturated heterocycles. The normalized spacial score (nSPS) is 22.5. The van der Waals surface area contributed by atoms with Crippen molar-refractivity contribution in [1.29, 1.82) is 0 Å². The van der Waals surface area contributed by atoms with Crippen LogP contribution in [0.2, 0.25) is 0 Å². The Bertz CT molecular complexity index is 1800. The maximum absolute atomic E-state index is 13.7. The van der Waals surface area contributed by atoms with Crippen LogP contribution in [-0.4, -0.2) is 150 Å². The van der Waals surface area contributed by atoms with Crippen LogP contribution in [0.3, 0.4) is 0 Å². The van der Waals surface area contributed by atoms with E-state index in [9.17, 15) is 44.1 Å². The Kier molecular flexibility index (Phi) is 52.4. The van der Waals surface area contributed by atoms with Crippen molar-refractivity contribution < 1.29 is 81.7 Å². The van der Waals surface area contributed by atoms with Crippen molar-refractivity contribution in [1.82, 2.24) is 10.6 Å². The molecule has 0 bridgehead atoms. The average molecular weight is 1310 g/mol. The average Bonchev–Trinajstić information content (AvgIpc) is 0.957. The Morgan fingerprint density at radius 1 is 0.500 bits per heavy atom. The minimum Gasteiger partial charge on any atom is -0.480 e. The van der Waals surface area contributed by atoms with Gasteiger partial charge in [-0.25, -0.2) is 9.36 Å². The van der Waals surface area contributed by atoms with Crippen molar-refractivity contribution in [3.63, 3.8) is 0 Å². The Labute approximate surface area is 545 Å². The molecule has 530 valence electrons. The van der Waals surface area contributed by atoms with Gasteiger partial charge in [0.25, 0.3) is 0 Å². The van der Waals surface area contributed by atoms with Crippen LogP contribution in [0.5, 0.6) is 0 Å². The molecule has 0 radical (unpaired) electrons. The molecule has 2 rings (SSSR count). The molecule has 0 unspecified atom stereocenters. The second-order valence-electron chi connectivity index (χ2n) is 25.7. The van der Waals surface area contributed by atoms with Crippen LogP contribution in [0.25, 0.3) is 0 Å². The quantitative estimate of drug-likeness (QED) is 0.0169. The van der Waals surface area contributed by atoms with Gasteiger partial charge in [-0.2, -0.15) is 0 Å². The molecule has 7 N–H and O–H groups in total. The molecule has 0 aromatic heterocycles. The van der Waals surface area contributed by atoms with Gasteiger partial charge in [-0.15, -0.1) is 0 Å². The van der Waals surface area contributed by atoms with Crippen LogP contribution in [0.4, 0.5) is 0 Å². The first-order chi connectivity index (χ1) is 43.7. The fourth-order valence-electron chi connectivity index (χ4n) is 12.2. The number of nitrogens with one attached hydrogen (secondary N) is 2. The van der Waals surface area contributed by atoms with Crippen molar-refractivity contribution in [2.75, 3.05) is 39.6 Å². The molecule has 0 aromatic carbocycles. The Morgan fingerprint density at radius 2 is 0.933 bits per heavy atom. The number of carboxylic acids is 1. The zero-order chi connectivity index (χ0) is 65.7. The van der Waals surface area contributed by atoms with Gasteiger partial charge in [0.15, 0.2) is 12.6 Å². The number of carbonyl (C=O) groups is 3. The number of allylic oxidation sites excluding steroid dienone is 2. The maximum Gasteiger partial charge on any atom is 0.470 e. The van der Waals surface area contributed by atoms with E-state index in [1.807, 2.05) is 0 Å². The van der Waals surface area contributed by atoms with E-state index in [1.165, 1.54) is 142 Å². The standard InChI is InChI=1S/C70H133N2O17P/c1-6-10-14-18-22-26-29-31-35-38-42-46-51-82-58(48-44-40-36-32-25-21-17-13-9-4)50-53-84-68-64(71-57(5)74)70(87-59(54-73)66(68)89-90(79,80)81)85-55-60-65(78)67(83-52-47-43-39-34-28-24-20-16-12-8-3)63(69(88-60)86-56-62(76)77)72-61(75)49-45-41-37-33-30-27-23-19-15-11-7-2/h26,29,58-60,63-70,73,78H,6-25,27-28,30-56H2,1-5H3,(H,71,74)(H,72,75)(H,76,77)(H2,79,80,81)/b29-26-/t58-,59-,60-,63-,64-,65-,66-,67-,68-,69+,70-/m1/s1. The molecular weight excluding hydrogens is 1170 g/mol. The predicted octanol–water partition coefficient (Wildman–Crippen LogP) is 14.9.